The summed E-state index contributed by atoms with van der Waals surface area (Å²) in [5.41, 5.74) is 2.81. The first-order valence-corrected chi connectivity index (χ1v) is 8.57. The minimum absolute atomic E-state index is 0.624. The first-order valence-electron chi connectivity index (χ1n) is 7.58. The lowest BCUT2D eigenvalue weighted by Gasteiger charge is -2.06. The molecule has 0 aliphatic heterocycles. The summed E-state index contributed by atoms with van der Waals surface area (Å²) in [6, 6.07) is 11.8. The zero-order chi connectivity index (χ0) is 17.2. The number of hydrogen-bond donors (Lipinski definition) is 0. The lowest BCUT2D eigenvalue weighted by molar-refractivity contribution is 0.412. The number of ether oxygens (including phenoxy) is 1. The van der Waals surface area contributed by atoms with Crippen LogP contribution in [0.5, 0.6) is 5.75 Å². The number of hydrogen-bond acceptors (Lipinski definition) is 7. The number of imidazole rings is 1. The molecule has 3 aromatic heterocycles. The highest BCUT2D eigenvalue weighted by molar-refractivity contribution is 7.98. The quantitative estimate of drug-likeness (QED) is 0.509. The van der Waals surface area contributed by atoms with Crippen molar-refractivity contribution in [3.63, 3.8) is 0 Å². The van der Waals surface area contributed by atoms with Crippen LogP contribution in [0.4, 0.5) is 0 Å². The van der Waals surface area contributed by atoms with Crippen molar-refractivity contribution in [2.75, 3.05) is 7.11 Å². The van der Waals surface area contributed by atoms with Gasteiger partial charge in [-0.15, -0.1) is 0 Å². The van der Waals surface area contributed by atoms with Crippen molar-refractivity contribution in [3.8, 4) is 11.7 Å². The Balaban J connectivity index is 1.70. The monoisotopic (exact) mass is 353 g/mol. The molecule has 0 spiro atoms. The number of fused-ring (bicyclic) bond motifs is 1. The van der Waals surface area contributed by atoms with Gasteiger partial charge in [-0.1, -0.05) is 29.0 Å². The summed E-state index contributed by atoms with van der Waals surface area (Å²) in [6.45, 7) is 0. The number of aromatic nitrogens is 7. The van der Waals surface area contributed by atoms with Gasteiger partial charge in [-0.3, -0.25) is 9.55 Å². The van der Waals surface area contributed by atoms with Crippen molar-refractivity contribution in [1.82, 2.24) is 34.7 Å². The maximum atomic E-state index is 5.14. The topological polar surface area (TPSA) is 83.5 Å². The first-order chi connectivity index (χ1) is 12.3. The van der Waals surface area contributed by atoms with Crippen molar-refractivity contribution < 1.29 is 4.74 Å². The second-order valence-electron chi connectivity index (χ2n) is 5.30. The summed E-state index contributed by atoms with van der Waals surface area (Å²) in [5, 5.41) is 12.6. The largest absolute Gasteiger partial charge is 0.495 e. The normalized spacial score (nSPS) is 11.1. The molecule has 4 aromatic rings. The Morgan fingerprint density at radius 3 is 2.76 bits per heavy atom. The van der Waals surface area contributed by atoms with E-state index in [2.05, 4.69) is 20.5 Å². The van der Waals surface area contributed by atoms with Gasteiger partial charge in [0.05, 0.1) is 30.0 Å². The zero-order valence-electron chi connectivity index (χ0n) is 13.7. The Kier molecular flexibility index (Phi) is 4.06. The SMILES string of the molecule is COc1ccc(CSc2nc3ccccc3n2-c2nnnn2C)nc1. The molecular weight excluding hydrogens is 338 g/mol. The molecule has 0 unspecified atom stereocenters. The Hall–Kier alpha value is -2.94. The summed E-state index contributed by atoms with van der Waals surface area (Å²) in [5.74, 6) is 2.04. The smallest absolute Gasteiger partial charge is 0.256 e. The van der Waals surface area contributed by atoms with Gasteiger partial charge in [-0.05, 0) is 34.7 Å². The average molecular weight is 353 g/mol. The van der Waals surface area contributed by atoms with Gasteiger partial charge >= 0.3 is 0 Å². The first kappa shape index (κ1) is 15.6. The maximum absolute atomic E-state index is 5.14. The highest BCUT2D eigenvalue weighted by Gasteiger charge is 2.17. The standard InChI is InChI=1S/C16H15N7OS/c1-22-15(19-20-21-22)23-14-6-4-3-5-13(14)18-16(23)25-10-11-7-8-12(24-2)9-17-11/h3-9H,10H2,1-2H3. The van der Waals surface area contributed by atoms with Crippen LogP contribution in [0.25, 0.3) is 17.0 Å². The van der Waals surface area contributed by atoms with E-state index in [1.165, 1.54) is 0 Å². The minimum Gasteiger partial charge on any atom is -0.495 e. The predicted molar refractivity (Wildman–Crippen MR) is 93.8 cm³/mol. The number of pyridine rings is 1. The number of rotatable bonds is 5. The van der Waals surface area contributed by atoms with E-state index < -0.39 is 0 Å². The third-order valence-electron chi connectivity index (χ3n) is 3.71. The minimum atomic E-state index is 0.624. The van der Waals surface area contributed by atoms with Gasteiger partial charge in [0, 0.05) is 12.8 Å². The van der Waals surface area contributed by atoms with Crippen molar-refractivity contribution in [2.45, 2.75) is 10.9 Å². The molecule has 0 aliphatic carbocycles. The van der Waals surface area contributed by atoms with Gasteiger partial charge in [0.1, 0.15) is 5.75 Å². The van der Waals surface area contributed by atoms with E-state index in [9.17, 15) is 0 Å². The molecule has 0 aliphatic rings. The van der Waals surface area contributed by atoms with Crippen LogP contribution in [-0.4, -0.2) is 41.9 Å². The van der Waals surface area contributed by atoms with Gasteiger partial charge < -0.3 is 4.74 Å². The van der Waals surface area contributed by atoms with Gasteiger partial charge in [0.2, 0.25) is 0 Å². The van der Waals surface area contributed by atoms with Crippen molar-refractivity contribution >= 4 is 22.8 Å². The molecule has 9 heteroatoms. The molecule has 4 rings (SSSR count). The van der Waals surface area contributed by atoms with Crippen LogP contribution in [-0.2, 0) is 12.8 Å². The maximum Gasteiger partial charge on any atom is 0.256 e. The number of thioether (sulfide) groups is 1. The molecule has 3 heterocycles. The fourth-order valence-corrected chi connectivity index (χ4v) is 3.38. The van der Waals surface area contributed by atoms with E-state index in [1.807, 2.05) is 48.0 Å². The molecule has 0 amide bonds. The Bertz CT molecular complexity index is 1010. The molecule has 1 aromatic carbocycles. The summed E-state index contributed by atoms with van der Waals surface area (Å²) >= 11 is 1.59. The van der Waals surface area contributed by atoms with E-state index >= 15 is 0 Å². The number of methoxy groups -OCH3 is 1. The second-order valence-corrected chi connectivity index (χ2v) is 6.24. The molecule has 25 heavy (non-hydrogen) atoms. The Morgan fingerprint density at radius 1 is 1.16 bits per heavy atom. The molecule has 0 saturated heterocycles. The Morgan fingerprint density at radius 2 is 2.04 bits per heavy atom. The molecule has 0 saturated carbocycles. The number of para-hydroxylation sites is 2. The molecule has 0 radical (unpaired) electrons. The van der Waals surface area contributed by atoms with Gasteiger partial charge in [-0.25, -0.2) is 9.67 Å². The second kappa shape index (κ2) is 6.52. The van der Waals surface area contributed by atoms with Crippen LogP contribution in [0.15, 0.2) is 47.8 Å². The zero-order valence-corrected chi connectivity index (χ0v) is 14.5. The fraction of sp³-hybridized carbons (Fsp3) is 0.188. The molecule has 0 fully saturated rings. The molecule has 0 N–H and O–H groups in total. The molecule has 8 nitrogen and oxygen atoms in total. The van der Waals surface area contributed by atoms with Crippen molar-refractivity contribution in [2.24, 2.45) is 7.05 Å². The van der Waals surface area contributed by atoms with Gasteiger partial charge in [-0.2, -0.15) is 0 Å². The summed E-state index contributed by atoms with van der Waals surface area (Å²) in [7, 11) is 3.44. The Labute approximate surface area is 147 Å². The van der Waals surface area contributed by atoms with Crippen LogP contribution in [0.3, 0.4) is 0 Å². The van der Waals surface area contributed by atoms with Crippen LogP contribution < -0.4 is 4.74 Å². The number of tetrazole rings is 1. The molecule has 0 atom stereocenters. The third kappa shape index (κ3) is 2.93. The van der Waals surface area contributed by atoms with Gasteiger partial charge in [0.15, 0.2) is 5.16 Å². The molecular formula is C16H15N7OS. The van der Waals surface area contributed by atoms with Crippen molar-refractivity contribution in [3.05, 3.63) is 48.3 Å². The molecule has 126 valence electrons. The predicted octanol–water partition coefficient (Wildman–Crippen LogP) is 2.24. The van der Waals surface area contributed by atoms with Crippen LogP contribution in [0.2, 0.25) is 0 Å². The highest BCUT2D eigenvalue weighted by Crippen LogP contribution is 2.28. The van der Waals surface area contributed by atoms with E-state index in [1.54, 1.807) is 29.8 Å². The lowest BCUT2D eigenvalue weighted by atomic mass is 10.3. The summed E-state index contributed by atoms with van der Waals surface area (Å²) < 4.78 is 8.73. The van der Waals surface area contributed by atoms with Crippen molar-refractivity contribution in [1.29, 1.82) is 0 Å². The third-order valence-corrected chi connectivity index (χ3v) is 4.68. The van der Waals surface area contributed by atoms with Gasteiger partial charge in [0.25, 0.3) is 5.95 Å². The average Bonchev–Trinajstić information content (AvgIpc) is 3.23. The van der Waals surface area contributed by atoms with Crippen LogP contribution in [0, 0.1) is 0 Å². The fourth-order valence-electron chi connectivity index (χ4n) is 2.46. The number of aryl methyl sites for hydroxylation is 1. The summed E-state index contributed by atoms with van der Waals surface area (Å²) in [4.78, 5) is 9.12. The number of benzene rings is 1. The highest BCUT2D eigenvalue weighted by atomic mass is 32.2. The van der Waals surface area contributed by atoms with E-state index in [0.717, 1.165) is 27.6 Å². The molecule has 0 bridgehead atoms. The number of nitrogens with zero attached hydrogens (tertiary/aromatic N) is 7. The van der Waals surface area contributed by atoms with E-state index in [4.69, 9.17) is 9.72 Å². The van der Waals surface area contributed by atoms with E-state index in [-0.39, 0.29) is 0 Å². The summed E-state index contributed by atoms with van der Waals surface area (Å²) in [6.07, 6.45) is 1.71. The lowest BCUT2D eigenvalue weighted by Crippen LogP contribution is -2.05. The van der Waals surface area contributed by atoms with Crippen LogP contribution in [0.1, 0.15) is 5.69 Å². The van der Waals surface area contributed by atoms with Crippen LogP contribution >= 0.6 is 11.8 Å². The van der Waals surface area contributed by atoms with E-state index in [0.29, 0.717) is 11.7 Å².